The molecule has 100 heavy (non-hydrogen) atoms. The van der Waals surface area contributed by atoms with Crippen molar-refractivity contribution in [2.45, 2.75) is 73.7 Å². The van der Waals surface area contributed by atoms with Gasteiger partial charge in [0.15, 0.2) is 5.78 Å². The van der Waals surface area contributed by atoms with E-state index in [1.54, 1.807) is 45.0 Å². The molecule has 0 radical (unpaired) electrons. The molecule has 0 saturated carbocycles. The number of alkyl halides is 12. The molecule has 0 aliphatic heterocycles. The molecule has 0 spiro atoms. The van der Waals surface area contributed by atoms with Gasteiger partial charge < -0.3 is 20.1 Å². The third-order valence-electron chi connectivity index (χ3n) is 15.6. The Labute approximate surface area is 562 Å². The summed E-state index contributed by atoms with van der Waals surface area (Å²) >= 11 is 0. The van der Waals surface area contributed by atoms with E-state index in [4.69, 9.17) is 10.3 Å². The lowest BCUT2D eigenvalue weighted by Gasteiger charge is -2.21. The molecule has 9 aromatic carbocycles. The fraction of sp³-hybridized carbons (Fsp3) is 0.139. The summed E-state index contributed by atoms with van der Waals surface area (Å²) in [4.78, 5) is 32.8. The van der Waals surface area contributed by atoms with Gasteiger partial charge in [-0.3, -0.25) is 4.79 Å². The number of hydrogen-bond acceptors (Lipinski definition) is 9. The van der Waals surface area contributed by atoms with Gasteiger partial charge in [-0.05, 0) is 169 Å². The monoisotopic (exact) mass is 1420 g/mol. The number of nitrogens with one attached hydrogen (secondary N) is 3. The highest BCUT2D eigenvalue weighted by molar-refractivity contribution is 7.89. The average molecular weight is 1420 g/mol. The van der Waals surface area contributed by atoms with Crippen LogP contribution in [-0.2, 0) is 63.2 Å². The van der Waals surface area contributed by atoms with E-state index in [2.05, 4.69) is 36.0 Å². The van der Waals surface area contributed by atoms with Gasteiger partial charge in [0.2, 0.25) is 20.0 Å². The van der Waals surface area contributed by atoms with Gasteiger partial charge >= 0.3 is 24.7 Å². The minimum Gasteiger partial charge on any atom is -0.386 e. The van der Waals surface area contributed by atoms with Crippen molar-refractivity contribution in [3.05, 3.63) is 256 Å². The number of aromatic amines is 3. The van der Waals surface area contributed by atoms with Crippen LogP contribution < -0.4 is 10.3 Å². The molecule has 0 atom stereocenters. The molecule has 28 heteroatoms. The van der Waals surface area contributed by atoms with Gasteiger partial charge in [-0.2, -0.15) is 52.7 Å². The van der Waals surface area contributed by atoms with E-state index >= 15 is 0 Å². The number of ketones is 1. The highest BCUT2D eigenvalue weighted by atomic mass is 32.2. The maximum absolute atomic E-state index is 13.1. The quantitative estimate of drug-likeness (QED) is 0.0447. The van der Waals surface area contributed by atoms with E-state index in [-0.39, 0.29) is 22.5 Å². The molecule has 0 unspecified atom stereocenters. The summed E-state index contributed by atoms with van der Waals surface area (Å²) in [6.45, 7) is 5.16. The molecular formula is C72H56F12N8O6S2. The number of primary sulfonamides is 2. The molecule has 0 fully saturated rings. The molecule has 12 rings (SSSR count). The first-order valence-corrected chi connectivity index (χ1v) is 32.9. The number of carbonyl (C=O) groups excluding carboxylic acids is 1. The second kappa shape index (κ2) is 28.0. The van der Waals surface area contributed by atoms with Gasteiger partial charge in [0.05, 0.1) is 70.7 Å². The van der Waals surface area contributed by atoms with Crippen molar-refractivity contribution >= 4 is 83.2 Å². The fourth-order valence-electron chi connectivity index (χ4n) is 10.6. The van der Waals surface area contributed by atoms with Crippen LogP contribution in [0.3, 0.4) is 0 Å². The molecule has 0 bridgehead atoms. The van der Waals surface area contributed by atoms with Crippen LogP contribution in [0.15, 0.2) is 198 Å². The molecule has 14 nitrogen and oxygen atoms in total. The number of H-pyrrole nitrogens is 3. The van der Waals surface area contributed by atoms with Gasteiger partial charge in [-0.1, -0.05) is 115 Å². The number of hydrogen-bond donors (Lipinski definition) is 6. The normalized spacial score (nSPS) is 12.7. The number of imidazole rings is 3. The SMILES string of the molecule is CC(=O)c1ccc(/C=C/c2nc3ccc(-c4ccccc4C(C)(C)O)cc3[nH]2)cc1.NS(=O)(=O)c1cc(C(F)(F)F)ccc1-c1ccc2nc(/C=C/c3ccc(C(F)(F)F)cc3)[nH]c2c1.NS(=O)(=O)c1cc(C(F)(F)F)ccc1-c1ccc2nc(CCc3ccc(C(F)(F)F)cc3)[nH]c2c1. The highest BCUT2D eigenvalue weighted by Crippen LogP contribution is 2.39. The minimum absolute atomic E-state index is 0.00306. The zero-order chi connectivity index (χ0) is 72.5. The lowest BCUT2D eigenvalue weighted by Crippen LogP contribution is -2.16. The van der Waals surface area contributed by atoms with Gasteiger partial charge in [0.1, 0.15) is 17.5 Å². The van der Waals surface area contributed by atoms with Crippen molar-refractivity contribution in [3.63, 3.8) is 0 Å². The summed E-state index contributed by atoms with van der Waals surface area (Å²) in [5.41, 5.74) is 5.45. The molecule has 0 aliphatic carbocycles. The standard InChI is InChI=1S/C26H24N2O2.C23H17F6N3O2S.C23H15F6N3O2S/c1-17(29)19-11-8-18(9-12-19)10-15-25-27-23-14-13-20(16-24(23)28-25)21-6-4-5-7-22(21)26(2,3)30;2*24-22(25,26)15-5-1-13(2-6-15)3-10-21-31-18-9-4-14(11-19(18)32-21)17-8-7-16(23(27,28)29)12-20(17)35(30,33)34/h4-16,30H,1-3H3,(H,27,28);1-2,4-9,11-12H,3,10H2,(H,31,32)(H2,30,33,34);1-12H,(H,31,32)(H2,30,33,34)/b15-10+;;10-3+. The topological polar surface area (TPSA) is 244 Å². The zero-order valence-electron chi connectivity index (χ0n) is 52.5. The van der Waals surface area contributed by atoms with E-state index in [1.165, 1.54) is 48.5 Å². The molecule has 12 aromatic rings. The molecule has 8 N–H and O–H groups in total. The van der Waals surface area contributed by atoms with E-state index in [1.807, 2.05) is 72.8 Å². The van der Waals surface area contributed by atoms with Crippen LogP contribution >= 0.6 is 0 Å². The Morgan fingerprint density at radius 3 is 1.23 bits per heavy atom. The number of rotatable bonds is 14. The van der Waals surface area contributed by atoms with Crippen molar-refractivity contribution in [1.82, 2.24) is 29.9 Å². The molecule has 516 valence electrons. The van der Waals surface area contributed by atoms with Crippen LogP contribution in [0.1, 0.15) is 93.1 Å². The van der Waals surface area contributed by atoms with E-state index in [9.17, 15) is 79.4 Å². The third kappa shape index (κ3) is 17.7. The lowest BCUT2D eigenvalue weighted by atomic mass is 9.89. The molecule has 0 amide bonds. The maximum Gasteiger partial charge on any atom is 0.416 e. The number of halogens is 12. The number of benzene rings is 9. The summed E-state index contributed by atoms with van der Waals surface area (Å²) in [6, 6.07) is 44.6. The van der Waals surface area contributed by atoms with Crippen LogP contribution in [-0.4, -0.2) is 57.6 Å². The number of nitrogens with zero attached hydrogens (tertiary/aromatic N) is 3. The predicted molar refractivity (Wildman–Crippen MR) is 357 cm³/mol. The Bertz CT molecular complexity index is 5330. The fourth-order valence-corrected chi connectivity index (χ4v) is 12.2. The largest absolute Gasteiger partial charge is 0.416 e. The number of carbonyl (C=O) groups is 1. The van der Waals surface area contributed by atoms with Gasteiger partial charge in [0, 0.05) is 23.1 Å². The Balaban J connectivity index is 0.000000163. The van der Waals surface area contributed by atoms with Gasteiger partial charge in [0.25, 0.3) is 0 Å². The van der Waals surface area contributed by atoms with E-state index < -0.39 is 82.4 Å². The van der Waals surface area contributed by atoms with Crippen molar-refractivity contribution in [3.8, 4) is 33.4 Å². The summed E-state index contributed by atoms with van der Waals surface area (Å²) < 4.78 is 203. The predicted octanol–water partition coefficient (Wildman–Crippen LogP) is 17.6. The van der Waals surface area contributed by atoms with Crippen LogP contribution in [0, 0.1) is 0 Å². The number of aliphatic hydroxyl groups is 1. The first-order chi connectivity index (χ1) is 46.7. The summed E-state index contributed by atoms with van der Waals surface area (Å²) in [5, 5.41) is 20.9. The van der Waals surface area contributed by atoms with Crippen molar-refractivity contribution in [2.24, 2.45) is 10.3 Å². The molecule has 0 aliphatic rings. The smallest absolute Gasteiger partial charge is 0.386 e. The number of nitrogens with two attached hydrogens (primary N) is 2. The number of Topliss-reactive ketones (excluding diaryl/α,β-unsaturated/α-hetero) is 1. The Morgan fingerprint density at radius 1 is 0.440 bits per heavy atom. The summed E-state index contributed by atoms with van der Waals surface area (Å²) in [5.74, 6) is 1.71. The first-order valence-electron chi connectivity index (χ1n) is 29.8. The second-order valence-corrected chi connectivity index (χ2v) is 26.5. The second-order valence-electron chi connectivity index (χ2n) is 23.4. The third-order valence-corrected chi connectivity index (χ3v) is 17.5. The molecule has 3 heterocycles. The number of sulfonamides is 2. The number of aromatic nitrogens is 6. The van der Waals surface area contributed by atoms with Crippen LogP contribution in [0.5, 0.6) is 0 Å². The Morgan fingerprint density at radius 2 is 0.820 bits per heavy atom. The van der Waals surface area contributed by atoms with Crippen molar-refractivity contribution in [2.75, 3.05) is 0 Å². The van der Waals surface area contributed by atoms with Crippen molar-refractivity contribution in [1.29, 1.82) is 0 Å². The maximum atomic E-state index is 13.1. The Hall–Kier alpha value is -10.5. The summed E-state index contributed by atoms with van der Waals surface area (Å²) in [6.07, 6.45) is -10.6. The average Bonchev–Trinajstić information content (AvgIpc) is 1.01. The van der Waals surface area contributed by atoms with Crippen molar-refractivity contribution < 1.29 is 79.4 Å². The highest BCUT2D eigenvalue weighted by Gasteiger charge is 2.35. The van der Waals surface area contributed by atoms with Crippen LogP contribution in [0.25, 0.3) is 90.8 Å². The number of aryl methyl sites for hydroxylation is 2. The minimum atomic E-state index is -4.75. The van der Waals surface area contributed by atoms with Gasteiger partial charge in [-0.25, -0.2) is 42.1 Å². The molecule has 3 aromatic heterocycles. The van der Waals surface area contributed by atoms with E-state index in [0.717, 1.165) is 87.6 Å². The van der Waals surface area contributed by atoms with E-state index in [0.29, 0.717) is 80.9 Å². The van der Waals surface area contributed by atoms with Crippen LogP contribution in [0.4, 0.5) is 52.7 Å². The lowest BCUT2D eigenvalue weighted by molar-refractivity contribution is -0.138. The summed E-state index contributed by atoms with van der Waals surface area (Å²) in [7, 11) is -8.93. The van der Waals surface area contributed by atoms with Crippen LogP contribution in [0.2, 0.25) is 0 Å². The van der Waals surface area contributed by atoms with Gasteiger partial charge in [-0.15, -0.1) is 0 Å². The number of fused-ring (bicyclic) bond motifs is 3. The Kier molecular flexibility index (Phi) is 20.2. The first kappa shape index (κ1) is 72.2. The zero-order valence-corrected chi connectivity index (χ0v) is 54.1. The molecule has 0 saturated heterocycles. The molecular weight excluding hydrogens is 1360 g/mol.